The number of hydrogen-bond acceptors (Lipinski definition) is 6. The third-order valence-electron chi connectivity index (χ3n) is 4.56. The van der Waals surface area contributed by atoms with Crippen LogP contribution in [0.15, 0.2) is 30.3 Å². The van der Waals surface area contributed by atoms with E-state index in [-0.39, 0.29) is 29.4 Å². The monoisotopic (exact) mass is 320 g/mol. The van der Waals surface area contributed by atoms with Gasteiger partial charge >= 0.3 is 0 Å². The van der Waals surface area contributed by atoms with Crippen LogP contribution < -0.4 is 16.3 Å². The molecule has 4 atom stereocenters. The van der Waals surface area contributed by atoms with Crippen molar-refractivity contribution >= 4 is 5.91 Å². The summed E-state index contributed by atoms with van der Waals surface area (Å²) >= 11 is 0. The van der Waals surface area contributed by atoms with Gasteiger partial charge in [0.25, 0.3) is 5.91 Å². The SMILES string of the molecule is O=C(NOCc1ccccc1)C1NNC2CCC([N+](=O)[O-])CC21. The highest BCUT2D eigenvalue weighted by atomic mass is 16.7. The Kier molecular flexibility index (Phi) is 4.85. The van der Waals surface area contributed by atoms with Crippen molar-refractivity contribution in [2.75, 3.05) is 0 Å². The molecule has 1 saturated heterocycles. The minimum absolute atomic E-state index is 0.0936. The number of rotatable bonds is 5. The van der Waals surface area contributed by atoms with E-state index < -0.39 is 12.1 Å². The highest BCUT2D eigenvalue weighted by Crippen LogP contribution is 2.31. The molecule has 1 aliphatic heterocycles. The minimum atomic E-state index is -0.571. The van der Waals surface area contributed by atoms with E-state index in [9.17, 15) is 14.9 Å². The maximum absolute atomic E-state index is 12.3. The van der Waals surface area contributed by atoms with Crippen molar-refractivity contribution in [3.63, 3.8) is 0 Å². The largest absolute Gasteiger partial charge is 0.271 e. The number of hydrogen-bond donors (Lipinski definition) is 3. The molecule has 2 aliphatic rings. The second-order valence-corrected chi connectivity index (χ2v) is 6.03. The molecule has 0 aromatic heterocycles. The molecule has 2 fully saturated rings. The molecular weight excluding hydrogens is 300 g/mol. The minimum Gasteiger partial charge on any atom is -0.271 e. The van der Waals surface area contributed by atoms with E-state index in [1.165, 1.54) is 0 Å². The first kappa shape index (κ1) is 15.9. The van der Waals surface area contributed by atoms with Crippen molar-refractivity contribution in [2.24, 2.45) is 5.92 Å². The number of amides is 1. The Hall–Kier alpha value is -2.03. The Bertz CT molecular complexity index is 568. The molecule has 1 heterocycles. The number of hydroxylamine groups is 1. The summed E-state index contributed by atoms with van der Waals surface area (Å²) in [7, 11) is 0. The van der Waals surface area contributed by atoms with Crippen LogP contribution in [0, 0.1) is 16.0 Å². The Morgan fingerprint density at radius 2 is 2.09 bits per heavy atom. The topological polar surface area (TPSA) is 106 Å². The predicted octanol–water partition coefficient (Wildman–Crippen LogP) is 0.525. The standard InChI is InChI=1S/C15H20N4O4/c20-15(18-23-9-10-4-2-1-3-5-10)14-12-8-11(19(21)22)6-7-13(12)16-17-14/h1-5,11-14,16-17H,6-9H2,(H,18,20). The summed E-state index contributed by atoms with van der Waals surface area (Å²) in [5.74, 6) is -0.399. The number of fused-ring (bicyclic) bond motifs is 1. The van der Waals surface area contributed by atoms with Gasteiger partial charge in [0.2, 0.25) is 6.04 Å². The summed E-state index contributed by atoms with van der Waals surface area (Å²) in [6.07, 6.45) is 1.63. The average Bonchev–Trinajstić information content (AvgIpc) is 2.98. The number of carbonyl (C=O) groups excluding carboxylic acids is 1. The number of carbonyl (C=O) groups is 1. The van der Waals surface area contributed by atoms with Crippen LogP contribution in [0.4, 0.5) is 0 Å². The molecule has 23 heavy (non-hydrogen) atoms. The zero-order valence-electron chi connectivity index (χ0n) is 12.6. The zero-order chi connectivity index (χ0) is 16.2. The van der Waals surface area contributed by atoms with E-state index in [0.717, 1.165) is 5.56 Å². The summed E-state index contributed by atoms with van der Waals surface area (Å²) in [6.45, 7) is 0.276. The first-order valence-corrected chi connectivity index (χ1v) is 7.75. The molecule has 8 nitrogen and oxygen atoms in total. The van der Waals surface area contributed by atoms with Gasteiger partial charge in [-0.15, -0.1) is 0 Å². The summed E-state index contributed by atoms with van der Waals surface area (Å²) < 4.78 is 0. The second kappa shape index (κ2) is 7.03. The van der Waals surface area contributed by atoms with Crippen LogP contribution in [0.5, 0.6) is 0 Å². The van der Waals surface area contributed by atoms with E-state index in [1.54, 1.807) is 0 Å². The number of nitrogens with one attached hydrogen (secondary N) is 3. The number of nitro groups is 1. The van der Waals surface area contributed by atoms with Gasteiger partial charge in [-0.05, 0) is 12.0 Å². The average molecular weight is 320 g/mol. The first-order valence-electron chi connectivity index (χ1n) is 7.75. The van der Waals surface area contributed by atoms with Crippen LogP contribution in [0.1, 0.15) is 24.8 Å². The maximum atomic E-state index is 12.3. The lowest BCUT2D eigenvalue weighted by atomic mass is 9.79. The third-order valence-corrected chi connectivity index (χ3v) is 4.56. The molecule has 1 aliphatic carbocycles. The second-order valence-electron chi connectivity index (χ2n) is 6.03. The highest BCUT2D eigenvalue weighted by Gasteiger charge is 2.46. The predicted molar refractivity (Wildman–Crippen MR) is 81.3 cm³/mol. The number of hydrazine groups is 1. The van der Waals surface area contributed by atoms with Gasteiger partial charge in [-0.3, -0.25) is 25.2 Å². The molecule has 4 unspecified atom stereocenters. The van der Waals surface area contributed by atoms with Gasteiger partial charge < -0.3 is 0 Å². The summed E-state index contributed by atoms with van der Waals surface area (Å²) in [6, 6.07) is 8.51. The van der Waals surface area contributed by atoms with Crippen molar-refractivity contribution in [1.29, 1.82) is 0 Å². The van der Waals surface area contributed by atoms with Crippen molar-refractivity contribution in [1.82, 2.24) is 16.3 Å². The van der Waals surface area contributed by atoms with Gasteiger partial charge in [0.05, 0.1) is 6.61 Å². The van der Waals surface area contributed by atoms with E-state index in [2.05, 4.69) is 16.3 Å². The molecule has 3 rings (SSSR count). The normalized spacial score (nSPS) is 29.7. The lowest BCUT2D eigenvalue weighted by Gasteiger charge is -2.28. The molecule has 1 aromatic rings. The molecule has 3 N–H and O–H groups in total. The third kappa shape index (κ3) is 3.66. The van der Waals surface area contributed by atoms with Gasteiger partial charge in [0, 0.05) is 29.7 Å². The molecule has 8 heteroatoms. The van der Waals surface area contributed by atoms with E-state index in [4.69, 9.17) is 4.84 Å². The lowest BCUT2D eigenvalue weighted by molar-refractivity contribution is -0.528. The number of nitrogens with zero attached hydrogens (tertiary/aromatic N) is 1. The summed E-state index contributed by atoms with van der Waals surface area (Å²) in [5, 5.41) is 11.0. The van der Waals surface area contributed by atoms with Crippen molar-refractivity contribution in [3.8, 4) is 0 Å². The molecule has 1 amide bonds. The van der Waals surface area contributed by atoms with Crippen molar-refractivity contribution < 1.29 is 14.6 Å². The summed E-state index contributed by atoms with van der Waals surface area (Å²) in [5.41, 5.74) is 9.40. The van der Waals surface area contributed by atoms with Gasteiger partial charge in [-0.1, -0.05) is 30.3 Å². The van der Waals surface area contributed by atoms with E-state index in [0.29, 0.717) is 19.3 Å². The molecule has 1 saturated carbocycles. The Labute approximate surface area is 133 Å². The van der Waals surface area contributed by atoms with Crippen LogP contribution >= 0.6 is 0 Å². The smallest absolute Gasteiger partial charge is 0.262 e. The Morgan fingerprint density at radius 1 is 1.30 bits per heavy atom. The molecule has 124 valence electrons. The van der Waals surface area contributed by atoms with Gasteiger partial charge in [0.1, 0.15) is 6.04 Å². The van der Waals surface area contributed by atoms with Crippen LogP contribution in [-0.2, 0) is 16.2 Å². The van der Waals surface area contributed by atoms with E-state index >= 15 is 0 Å². The number of benzene rings is 1. The van der Waals surface area contributed by atoms with E-state index in [1.807, 2.05) is 30.3 Å². The molecule has 1 aromatic carbocycles. The van der Waals surface area contributed by atoms with Crippen LogP contribution in [0.2, 0.25) is 0 Å². The lowest BCUT2D eigenvalue weighted by Crippen LogP contribution is -2.47. The fourth-order valence-electron chi connectivity index (χ4n) is 3.31. The first-order chi connectivity index (χ1) is 11.1. The van der Waals surface area contributed by atoms with Crippen LogP contribution in [-0.4, -0.2) is 29.0 Å². The quantitative estimate of drug-likeness (QED) is 0.540. The van der Waals surface area contributed by atoms with Crippen molar-refractivity contribution in [2.45, 2.75) is 44.0 Å². The Morgan fingerprint density at radius 3 is 2.83 bits per heavy atom. The van der Waals surface area contributed by atoms with Gasteiger partial charge in [-0.25, -0.2) is 10.9 Å². The summed E-state index contributed by atoms with van der Waals surface area (Å²) in [4.78, 5) is 28.3. The molecule has 0 bridgehead atoms. The fourth-order valence-corrected chi connectivity index (χ4v) is 3.31. The zero-order valence-corrected chi connectivity index (χ0v) is 12.6. The Balaban J connectivity index is 1.52. The van der Waals surface area contributed by atoms with Gasteiger partial charge in [0.15, 0.2) is 0 Å². The fraction of sp³-hybridized carbons (Fsp3) is 0.533. The van der Waals surface area contributed by atoms with Crippen molar-refractivity contribution in [3.05, 3.63) is 46.0 Å². The maximum Gasteiger partial charge on any atom is 0.262 e. The van der Waals surface area contributed by atoms with Crippen LogP contribution in [0.25, 0.3) is 0 Å². The molecule has 0 spiro atoms. The highest BCUT2D eigenvalue weighted by molar-refractivity contribution is 5.81. The van der Waals surface area contributed by atoms with Gasteiger partial charge in [-0.2, -0.15) is 0 Å². The molecule has 0 radical (unpaired) electrons. The van der Waals surface area contributed by atoms with Crippen LogP contribution in [0.3, 0.4) is 0 Å². The molecular formula is C15H20N4O4.